The van der Waals surface area contributed by atoms with E-state index >= 15 is 0 Å². The molecule has 2 heterocycles. The minimum atomic E-state index is 0.866. The number of rotatable bonds is 3. The minimum Gasteiger partial charge on any atom is -0.497 e. The number of nitrogens with zero attached hydrogens (tertiary/aromatic N) is 1. The molecule has 4 aromatic rings. The summed E-state index contributed by atoms with van der Waals surface area (Å²) in [6.45, 7) is 0. The van der Waals surface area contributed by atoms with E-state index in [9.17, 15) is 0 Å². The third-order valence-electron chi connectivity index (χ3n) is 3.94. The van der Waals surface area contributed by atoms with Gasteiger partial charge >= 0.3 is 0 Å². The Balaban J connectivity index is 2.02. The molecule has 0 saturated carbocycles. The lowest BCUT2D eigenvalue weighted by atomic mass is 9.95. The van der Waals surface area contributed by atoms with Crippen molar-refractivity contribution in [2.45, 2.75) is 0 Å². The van der Waals surface area contributed by atoms with Gasteiger partial charge in [-0.15, -0.1) is 11.3 Å². The number of hydrogen-bond donors (Lipinski definition) is 0. The fourth-order valence-corrected chi connectivity index (χ4v) is 3.57. The maximum atomic E-state index is 5.28. The molecule has 2 aromatic carbocycles. The smallest absolute Gasteiger partial charge is 0.118 e. The van der Waals surface area contributed by atoms with Gasteiger partial charge < -0.3 is 4.74 Å². The summed E-state index contributed by atoms with van der Waals surface area (Å²) < 4.78 is 5.28. The van der Waals surface area contributed by atoms with E-state index in [-0.39, 0.29) is 0 Å². The Hall–Kier alpha value is -2.65. The second-order valence-corrected chi connectivity index (χ2v) is 6.22. The standard InChI is InChI=1S/C20H15NOS/c1-22-15-10-8-14(9-11-15)20-16-5-2-3-6-18(16)21-13-17(20)19-7-4-12-23-19/h2-13H,1H3. The van der Waals surface area contributed by atoms with Crippen molar-refractivity contribution >= 4 is 22.2 Å². The van der Waals surface area contributed by atoms with Gasteiger partial charge in [-0.05, 0) is 35.2 Å². The molecule has 0 spiro atoms. The zero-order chi connectivity index (χ0) is 15.6. The van der Waals surface area contributed by atoms with E-state index < -0.39 is 0 Å². The van der Waals surface area contributed by atoms with Gasteiger partial charge in [-0.3, -0.25) is 4.98 Å². The first-order chi connectivity index (χ1) is 11.4. The van der Waals surface area contributed by atoms with Crippen LogP contribution >= 0.6 is 11.3 Å². The Morgan fingerprint density at radius 2 is 1.74 bits per heavy atom. The van der Waals surface area contributed by atoms with Gasteiger partial charge in [0.2, 0.25) is 0 Å². The van der Waals surface area contributed by atoms with Crippen LogP contribution in [-0.2, 0) is 0 Å². The summed E-state index contributed by atoms with van der Waals surface area (Å²) in [6, 6.07) is 20.7. The zero-order valence-electron chi connectivity index (χ0n) is 12.7. The number of thiophene rings is 1. The molecule has 0 N–H and O–H groups in total. The fourth-order valence-electron chi connectivity index (χ4n) is 2.83. The zero-order valence-corrected chi connectivity index (χ0v) is 13.5. The van der Waals surface area contributed by atoms with Crippen LogP contribution in [0.4, 0.5) is 0 Å². The van der Waals surface area contributed by atoms with Gasteiger partial charge in [0.25, 0.3) is 0 Å². The lowest BCUT2D eigenvalue weighted by Crippen LogP contribution is -1.90. The number of pyridine rings is 1. The molecule has 3 heteroatoms. The first kappa shape index (κ1) is 14.0. The molecule has 2 nitrogen and oxygen atoms in total. The highest BCUT2D eigenvalue weighted by Gasteiger charge is 2.13. The van der Waals surface area contributed by atoms with Crippen molar-refractivity contribution in [2.75, 3.05) is 7.11 Å². The summed E-state index contributed by atoms with van der Waals surface area (Å²) in [5.74, 6) is 0.866. The number of methoxy groups -OCH3 is 1. The highest BCUT2D eigenvalue weighted by atomic mass is 32.1. The average Bonchev–Trinajstić information content (AvgIpc) is 3.15. The monoisotopic (exact) mass is 317 g/mol. The van der Waals surface area contributed by atoms with Crippen molar-refractivity contribution in [3.05, 3.63) is 72.2 Å². The summed E-state index contributed by atoms with van der Waals surface area (Å²) in [5, 5.41) is 3.27. The maximum absolute atomic E-state index is 5.28. The molecule has 4 rings (SSSR count). The lowest BCUT2D eigenvalue weighted by Gasteiger charge is -2.12. The first-order valence-corrected chi connectivity index (χ1v) is 8.31. The Morgan fingerprint density at radius 3 is 2.48 bits per heavy atom. The summed E-state index contributed by atoms with van der Waals surface area (Å²) in [7, 11) is 1.69. The van der Waals surface area contributed by atoms with E-state index in [1.54, 1.807) is 18.4 Å². The van der Waals surface area contributed by atoms with Crippen molar-refractivity contribution in [3.8, 4) is 27.3 Å². The quantitative estimate of drug-likeness (QED) is 0.488. The van der Waals surface area contributed by atoms with Crippen molar-refractivity contribution in [1.82, 2.24) is 4.98 Å². The van der Waals surface area contributed by atoms with Crippen LogP contribution in [-0.4, -0.2) is 12.1 Å². The van der Waals surface area contributed by atoms with Crippen LogP contribution in [0.25, 0.3) is 32.5 Å². The SMILES string of the molecule is COc1ccc(-c2c(-c3cccs3)cnc3ccccc23)cc1. The molecular formula is C20H15NOS. The largest absolute Gasteiger partial charge is 0.497 e. The van der Waals surface area contributed by atoms with Crippen LogP contribution in [0.1, 0.15) is 0 Å². The molecular weight excluding hydrogens is 302 g/mol. The van der Waals surface area contributed by atoms with Gasteiger partial charge in [-0.2, -0.15) is 0 Å². The fraction of sp³-hybridized carbons (Fsp3) is 0.0500. The van der Waals surface area contributed by atoms with Crippen LogP contribution in [0.5, 0.6) is 5.75 Å². The first-order valence-electron chi connectivity index (χ1n) is 7.43. The van der Waals surface area contributed by atoms with E-state index in [0.717, 1.165) is 11.3 Å². The van der Waals surface area contributed by atoms with Crippen LogP contribution in [0.3, 0.4) is 0 Å². The summed E-state index contributed by atoms with van der Waals surface area (Å²) in [5.41, 5.74) is 4.58. The highest BCUT2D eigenvalue weighted by Crippen LogP contribution is 2.39. The Kier molecular flexibility index (Phi) is 3.56. The second kappa shape index (κ2) is 5.86. The normalized spacial score (nSPS) is 10.8. The van der Waals surface area contributed by atoms with Crippen molar-refractivity contribution in [3.63, 3.8) is 0 Å². The highest BCUT2D eigenvalue weighted by molar-refractivity contribution is 7.13. The molecule has 0 bridgehead atoms. The van der Waals surface area contributed by atoms with Crippen LogP contribution < -0.4 is 4.74 Å². The number of fused-ring (bicyclic) bond motifs is 1. The van der Waals surface area contributed by atoms with E-state index in [0.29, 0.717) is 0 Å². The predicted octanol–water partition coefficient (Wildman–Crippen LogP) is 5.64. The van der Waals surface area contributed by atoms with Gasteiger partial charge in [0.1, 0.15) is 5.75 Å². The van der Waals surface area contributed by atoms with E-state index in [4.69, 9.17) is 4.74 Å². The van der Waals surface area contributed by atoms with Crippen molar-refractivity contribution < 1.29 is 4.74 Å². The number of para-hydroxylation sites is 1. The molecule has 2 aromatic heterocycles. The van der Waals surface area contributed by atoms with E-state index in [1.165, 1.54) is 27.0 Å². The molecule has 0 radical (unpaired) electrons. The van der Waals surface area contributed by atoms with Gasteiger partial charge in [0.15, 0.2) is 0 Å². The molecule has 0 unspecified atom stereocenters. The van der Waals surface area contributed by atoms with Gasteiger partial charge in [0.05, 0.1) is 12.6 Å². The Bertz CT molecular complexity index is 943. The molecule has 0 amide bonds. The van der Waals surface area contributed by atoms with Gasteiger partial charge in [-0.25, -0.2) is 0 Å². The molecule has 0 aliphatic carbocycles. The molecule has 0 aliphatic heterocycles. The van der Waals surface area contributed by atoms with Crippen LogP contribution in [0, 0.1) is 0 Å². The third kappa shape index (κ3) is 2.49. The predicted molar refractivity (Wildman–Crippen MR) is 97.0 cm³/mol. The van der Waals surface area contributed by atoms with Gasteiger partial charge in [0, 0.05) is 27.6 Å². The number of aromatic nitrogens is 1. The molecule has 112 valence electrons. The summed E-state index contributed by atoms with van der Waals surface area (Å²) in [6.07, 6.45) is 1.98. The van der Waals surface area contributed by atoms with Crippen molar-refractivity contribution in [2.24, 2.45) is 0 Å². The molecule has 0 atom stereocenters. The van der Waals surface area contributed by atoms with E-state index in [2.05, 4.69) is 52.8 Å². The maximum Gasteiger partial charge on any atom is 0.118 e. The summed E-state index contributed by atoms with van der Waals surface area (Å²) >= 11 is 1.74. The van der Waals surface area contributed by atoms with Gasteiger partial charge in [-0.1, -0.05) is 36.4 Å². The van der Waals surface area contributed by atoms with Crippen LogP contribution in [0.15, 0.2) is 72.2 Å². The summed E-state index contributed by atoms with van der Waals surface area (Å²) in [4.78, 5) is 5.87. The molecule has 0 aliphatic rings. The number of ether oxygens (including phenoxy) is 1. The molecule has 23 heavy (non-hydrogen) atoms. The number of benzene rings is 2. The molecule has 0 saturated heterocycles. The number of hydrogen-bond acceptors (Lipinski definition) is 3. The van der Waals surface area contributed by atoms with Crippen molar-refractivity contribution in [1.29, 1.82) is 0 Å². The average molecular weight is 317 g/mol. The minimum absolute atomic E-state index is 0.866. The second-order valence-electron chi connectivity index (χ2n) is 5.27. The Morgan fingerprint density at radius 1 is 0.913 bits per heavy atom. The topological polar surface area (TPSA) is 22.1 Å². The lowest BCUT2D eigenvalue weighted by molar-refractivity contribution is 0.415. The third-order valence-corrected chi connectivity index (χ3v) is 4.84. The Labute approximate surface area is 139 Å². The van der Waals surface area contributed by atoms with E-state index in [1.807, 2.05) is 24.4 Å². The molecule has 0 fully saturated rings. The van der Waals surface area contributed by atoms with Crippen LogP contribution in [0.2, 0.25) is 0 Å².